The van der Waals surface area contributed by atoms with E-state index in [9.17, 15) is 13.2 Å². The highest BCUT2D eigenvalue weighted by atomic mass is 32.2. The van der Waals surface area contributed by atoms with Crippen molar-refractivity contribution in [3.05, 3.63) is 71.3 Å². The summed E-state index contributed by atoms with van der Waals surface area (Å²) in [7, 11) is -3.62. The van der Waals surface area contributed by atoms with Crippen molar-refractivity contribution in [1.82, 2.24) is 19.0 Å². The number of piperidine rings is 1. The van der Waals surface area contributed by atoms with Crippen molar-refractivity contribution in [3.8, 4) is 16.9 Å². The van der Waals surface area contributed by atoms with E-state index in [0.717, 1.165) is 68.0 Å². The lowest BCUT2D eigenvalue weighted by molar-refractivity contribution is -0.113. The van der Waals surface area contributed by atoms with Gasteiger partial charge in [-0.1, -0.05) is 43.2 Å². The largest absolute Gasteiger partial charge is 0.351 e. The van der Waals surface area contributed by atoms with Gasteiger partial charge >= 0.3 is 0 Å². The third kappa shape index (κ3) is 5.66. The van der Waals surface area contributed by atoms with Gasteiger partial charge in [0.15, 0.2) is 5.17 Å². The maximum Gasteiger partial charge on any atom is 0.286 e. The summed E-state index contributed by atoms with van der Waals surface area (Å²) in [5, 5.41) is 5.64. The van der Waals surface area contributed by atoms with Gasteiger partial charge in [0.1, 0.15) is 5.69 Å². The Morgan fingerprint density at radius 2 is 1.52 bits per heavy atom. The molecule has 4 heterocycles. The summed E-state index contributed by atoms with van der Waals surface area (Å²) in [6.07, 6.45) is 11.0. The third-order valence-corrected chi connectivity index (χ3v) is 10.5. The van der Waals surface area contributed by atoms with E-state index in [4.69, 9.17) is 5.10 Å². The van der Waals surface area contributed by atoms with Crippen LogP contribution in [0, 0.1) is 0 Å². The van der Waals surface area contributed by atoms with Gasteiger partial charge in [-0.25, -0.2) is 13.1 Å². The fraction of sp³-hybridized carbons (Fsp3) is 0.367. The Morgan fingerprint density at radius 1 is 0.825 bits per heavy atom. The van der Waals surface area contributed by atoms with Gasteiger partial charge in [-0.2, -0.15) is 14.4 Å². The van der Waals surface area contributed by atoms with Gasteiger partial charge in [0, 0.05) is 43.5 Å². The van der Waals surface area contributed by atoms with Crippen molar-refractivity contribution >= 4 is 38.9 Å². The van der Waals surface area contributed by atoms with Crippen LogP contribution < -0.4 is 0 Å². The standard InChI is InChI=1S/C30H33N5O3S2/c36-29-27(39-30(31-29)33-16-7-4-8-17-33)21-24-22-35(25-13-5-3-6-14-25)32-28(24)23-12-11-15-26(20-23)40(37,38)34-18-9-1-2-10-19-34/h3,5-6,11-15,20-22H,1-2,4,7-10,16-19H2/b27-21-. The molecule has 8 nitrogen and oxygen atoms in total. The SMILES string of the molecule is O=C1N=C(N2CCCCC2)S/C1=C\c1cn(-c2ccccc2)nc1-c1cccc(S(=O)(=O)N2CCCCCC2)c1. The van der Waals surface area contributed by atoms with E-state index in [1.807, 2.05) is 48.7 Å². The lowest BCUT2D eigenvalue weighted by Crippen LogP contribution is -2.33. The normalized spacial score (nSPS) is 20.1. The number of nitrogens with zero attached hydrogens (tertiary/aromatic N) is 5. The Kier molecular flexibility index (Phi) is 7.91. The molecule has 0 unspecified atom stereocenters. The molecular formula is C30H33N5O3S2. The summed E-state index contributed by atoms with van der Waals surface area (Å²) in [6.45, 7) is 2.93. The second-order valence-corrected chi connectivity index (χ2v) is 13.4. The van der Waals surface area contributed by atoms with Crippen molar-refractivity contribution in [1.29, 1.82) is 0 Å². The van der Waals surface area contributed by atoms with Gasteiger partial charge in [0.25, 0.3) is 5.91 Å². The molecule has 1 aromatic heterocycles. The minimum atomic E-state index is -3.62. The van der Waals surface area contributed by atoms with Gasteiger partial charge in [-0.05, 0) is 74.2 Å². The maximum atomic E-state index is 13.6. The first kappa shape index (κ1) is 27.0. The summed E-state index contributed by atoms with van der Waals surface area (Å²) < 4.78 is 30.5. The molecule has 3 aromatic rings. The molecule has 0 aliphatic carbocycles. The van der Waals surface area contributed by atoms with E-state index in [1.54, 1.807) is 27.2 Å². The average molecular weight is 576 g/mol. The van der Waals surface area contributed by atoms with Crippen LogP contribution in [-0.4, -0.2) is 64.7 Å². The number of thioether (sulfide) groups is 1. The molecule has 208 valence electrons. The number of hydrogen-bond donors (Lipinski definition) is 0. The molecule has 0 radical (unpaired) electrons. The van der Waals surface area contributed by atoms with Crippen LogP contribution in [0.1, 0.15) is 50.5 Å². The zero-order chi connectivity index (χ0) is 27.5. The predicted octanol–water partition coefficient (Wildman–Crippen LogP) is 5.56. The van der Waals surface area contributed by atoms with Crippen LogP contribution in [0.2, 0.25) is 0 Å². The first-order valence-electron chi connectivity index (χ1n) is 14.0. The summed E-state index contributed by atoms with van der Waals surface area (Å²) in [5.74, 6) is -0.249. The van der Waals surface area contributed by atoms with Crippen molar-refractivity contribution in [2.24, 2.45) is 4.99 Å². The quantitative estimate of drug-likeness (QED) is 0.370. The highest BCUT2D eigenvalue weighted by molar-refractivity contribution is 8.18. The molecule has 0 spiro atoms. The van der Waals surface area contributed by atoms with E-state index < -0.39 is 10.0 Å². The van der Waals surface area contributed by atoms with Crippen LogP contribution in [-0.2, 0) is 14.8 Å². The van der Waals surface area contributed by atoms with Gasteiger partial charge in [0.05, 0.1) is 15.5 Å². The van der Waals surface area contributed by atoms with Crippen LogP contribution in [0.25, 0.3) is 23.0 Å². The van der Waals surface area contributed by atoms with E-state index in [2.05, 4.69) is 9.89 Å². The van der Waals surface area contributed by atoms with Crippen molar-refractivity contribution in [3.63, 3.8) is 0 Å². The van der Waals surface area contributed by atoms with Crippen LogP contribution in [0.15, 0.2) is 75.6 Å². The van der Waals surface area contributed by atoms with E-state index in [0.29, 0.717) is 29.3 Å². The molecule has 0 bridgehead atoms. The number of carbonyl (C=O) groups is 1. The Bertz CT molecular complexity index is 1550. The number of sulfonamides is 1. The maximum absolute atomic E-state index is 13.6. The molecule has 3 aliphatic heterocycles. The Morgan fingerprint density at radius 3 is 2.27 bits per heavy atom. The van der Waals surface area contributed by atoms with Crippen LogP contribution >= 0.6 is 11.8 Å². The molecule has 2 aromatic carbocycles. The first-order chi connectivity index (χ1) is 19.5. The molecule has 0 atom stereocenters. The second-order valence-electron chi connectivity index (χ2n) is 10.4. The lowest BCUT2D eigenvalue weighted by atomic mass is 10.1. The first-order valence-corrected chi connectivity index (χ1v) is 16.3. The van der Waals surface area contributed by atoms with E-state index >= 15 is 0 Å². The molecule has 2 saturated heterocycles. The van der Waals surface area contributed by atoms with Crippen LogP contribution in [0.3, 0.4) is 0 Å². The topological polar surface area (TPSA) is 87.9 Å². The smallest absolute Gasteiger partial charge is 0.286 e. The number of para-hydroxylation sites is 1. The van der Waals surface area contributed by atoms with Crippen molar-refractivity contribution in [2.75, 3.05) is 26.2 Å². The van der Waals surface area contributed by atoms with Gasteiger partial charge in [0.2, 0.25) is 10.0 Å². The highest BCUT2D eigenvalue weighted by Gasteiger charge is 2.29. The van der Waals surface area contributed by atoms with Crippen LogP contribution in [0.4, 0.5) is 0 Å². The number of aliphatic imine (C=N–C) groups is 1. The summed E-state index contributed by atoms with van der Waals surface area (Å²) in [5.41, 5.74) is 2.91. The zero-order valence-electron chi connectivity index (χ0n) is 22.4. The molecule has 40 heavy (non-hydrogen) atoms. The molecule has 2 fully saturated rings. The van der Waals surface area contributed by atoms with Gasteiger partial charge in [-0.3, -0.25) is 4.79 Å². The average Bonchev–Trinajstić information content (AvgIpc) is 3.45. The minimum absolute atomic E-state index is 0.249. The Hall–Kier alpha value is -3.21. The number of carbonyl (C=O) groups excluding carboxylic acids is 1. The number of aromatic nitrogens is 2. The lowest BCUT2D eigenvalue weighted by Gasteiger charge is -2.27. The van der Waals surface area contributed by atoms with Crippen molar-refractivity contribution in [2.45, 2.75) is 49.8 Å². The number of amides is 1. The third-order valence-electron chi connectivity index (χ3n) is 7.60. The molecule has 3 aliphatic rings. The number of rotatable bonds is 5. The molecule has 0 N–H and O–H groups in total. The summed E-state index contributed by atoms with van der Waals surface area (Å²) >= 11 is 1.41. The molecule has 6 rings (SSSR count). The fourth-order valence-corrected chi connectivity index (χ4v) is 7.94. The van der Waals surface area contributed by atoms with E-state index in [1.165, 1.54) is 18.2 Å². The molecule has 10 heteroatoms. The van der Waals surface area contributed by atoms with Gasteiger partial charge in [-0.15, -0.1) is 0 Å². The molecule has 0 saturated carbocycles. The Balaban J connectivity index is 1.37. The van der Waals surface area contributed by atoms with Crippen molar-refractivity contribution < 1.29 is 13.2 Å². The number of amidine groups is 1. The number of hydrogen-bond acceptors (Lipinski definition) is 6. The Labute approximate surface area is 239 Å². The summed E-state index contributed by atoms with van der Waals surface area (Å²) in [6, 6.07) is 16.8. The molecular weight excluding hydrogens is 542 g/mol. The predicted molar refractivity (Wildman–Crippen MR) is 160 cm³/mol. The zero-order valence-corrected chi connectivity index (χ0v) is 24.0. The van der Waals surface area contributed by atoms with Gasteiger partial charge < -0.3 is 4.90 Å². The minimum Gasteiger partial charge on any atom is -0.351 e. The van der Waals surface area contributed by atoms with Crippen LogP contribution in [0.5, 0.6) is 0 Å². The second kappa shape index (κ2) is 11.7. The number of benzene rings is 2. The number of likely N-dealkylation sites (tertiary alicyclic amines) is 1. The monoisotopic (exact) mass is 575 g/mol. The summed E-state index contributed by atoms with van der Waals surface area (Å²) in [4.78, 5) is 20.3. The van der Waals surface area contributed by atoms with E-state index in [-0.39, 0.29) is 10.8 Å². The highest BCUT2D eigenvalue weighted by Crippen LogP contribution is 2.35. The fourth-order valence-electron chi connectivity index (χ4n) is 5.42. The molecule has 1 amide bonds.